The van der Waals surface area contributed by atoms with E-state index in [0.717, 1.165) is 18.8 Å². The van der Waals surface area contributed by atoms with Gasteiger partial charge in [0, 0.05) is 25.8 Å². The standard InChI is InChI=1S/C15H25FN2/c1-5-10-15(2,11-17-3)12-18(4)14-8-6-13(16)7-9-14/h6-9,17H,5,10-12H2,1-4H3. The van der Waals surface area contributed by atoms with E-state index in [0.29, 0.717) is 0 Å². The number of rotatable bonds is 7. The fourth-order valence-electron chi connectivity index (χ4n) is 2.61. The van der Waals surface area contributed by atoms with Crippen LogP contribution in [0.3, 0.4) is 0 Å². The van der Waals surface area contributed by atoms with Gasteiger partial charge in [-0.3, -0.25) is 0 Å². The highest BCUT2D eigenvalue weighted by molar-refractivity contribution is 5.45. The average Bonchev–Trinajstić information content (AvgIpc) is 2.30. The van der Waals surface area contributed by atoms with E-state index in [-0.39, 0.29) is 11.2 Å². The second-order valence-electron chi connectivity index (χ2n) is 5.42. The van der Waals surface area contributed by atoms with Crippen LogP contribution in [-0.4, -0.2) is 27.2 Å². The summed E-state index contributed by atoms with van der Waals surface area (Å²) in [5.74, 6) is -0.182. The summed E-state index contributed by atoms with van der Waals surface area (Å²) in [6.07, 6.45) is 2.36. The maximum Gasteiger partial charge on any atom is 0.123 e. The smallest absolute Gasteiger partial charge is 0.123 e. The molecule has 2 nitrogen and oxygen atoms in total. The van der Waals surface area contributed by atoms with Crippen LogP contribution in [0.5, 0.6) is 0 Å². The van der Waals surface area contributed by atoms with Crippen molar-refractivity contribution in [3.05, 3.63) is 30.1 Å². The van der Waals surface area contributed by atoms with Gasteiger partial charge in [0.2, 0.25) is 0 Å². The lowest BCUT2D eigenvalue weighted by molar-refractivity contribution is 0.292. The van der Waals surface area contributed by atoms with Gasteiger partial charge in [-0.25, -0.2) is 4.39 Å². The molecule has 0 saturated heterocycles. The second-order valence-corrected chi connectivity index (χ2v) is 5.42. The quantitative estimate of drug-likeness (QED) is 0.801. The average molecular weight is 252 g/mol. The first-order valence-corrected chi connectivity index (χ1v) is 6.62. The predicted octanol–water partition coefficient (Wildman–Crippen LogP) is 3.29. The van der Waals surface area contributed by atoms with Crippen molar-refractivity contribution < 1.29 is 4.39 Å². The number of anilines is 1. The van der Waals surface area contributed by atoms with Gasteiger partial charge in [-0.2, -0.15) is 0 Å². The van der Waals surface area contributed by atoms with Crippen molar-refractivity contribution in [1.82, 2.24) is 5.32 Å². The molecular weight excluding hydrogens is 227 g/mol. The zero-order valence-corrected chi connectivity index (χ0v) is 12.0. The summed E-state index contributed by atoms with van der Waals surface area (Å²) in [6, 6.07) is 6.70. The first kappa shape index (κ1) is 15.0. The third kappa shape index (κ3) is 4.30. The van der Waals surface area contributed by atoms with Crippen LogP contribution in [0.25, 0.3) is 0 Å². The van der Waals surface area contributed by atoms with Crippen molar-refractivity contribution in [3.63, 3.8) is 0 Å². The fraction of sp³-hybridized carbons (Fsp3) is 0.600. The molecule has 1 rings (SSSR count). The molecule has 0 aliphatic heterocycles. The highest BCUT2D eigenvalue weighted by Gasteiger charge is 2.24. The molecule has 1 N–H and O–H groups in total. The molecule has 102 valence electrons. The number of benzene rings is 1. The molecule has 0 spiro atoms. The van der Waals surface area contributed by atoms with Crippen molar-refractivity contribution >= 4 is 5.69 Å². The minimum atomic E-state index is -0.182. The van der Waals surface area contributed by atoms with Crippen molar-refractivity contribution in [2.75, 3.05) is 32.1 Å². The Hall–Kier alpha value is -1.09. The lowest BCUT2D eigenvalue weighted by atomic mass is 9.85. The van der Waals surface area contributed by atoms with Gasteiger partial charge in [0.05, 0.1) is 0 Å². The summed E-state index contributed by atoms with van der Waals surface area (Å²) >= 11 is 0. The van der Waals surface area contributed by atoms with E-state index in [9.17, 15) is 4.39 Å². The molecule has 0 bridgehead atoms. The molecule has 0 aliphatic carbocycles. The molecule has 0 amide bonds. The zero-order chi connectivity index (χ0) is 13.6. The third-order valence-corrected chi connectivity index (χ3v) is 3.34. The van der Waals surface area contributed by atoms with Gasteiger partial charge in [-0.15, -0.1) is 0 Å². The van der Waals surface area contributed by atoms with Gasteiger partial charge in [0.15, 0.2) is 0 Å². The number of hydrogen-bond acceptors (Lipinski definition) is 2. The minimum absolute atomic E-state index is 0.182. The summed E-state index contributed by atoms with van der Waals surface area (Å²) in [7, 11) is 4.06. The molecule has 18 heavy (non-hydrogen) atoms. The Balaban J connectivity index is 2.71. The van der Waals surface area contributed by atoms with E-state index in [1.54, 1.807) is 0 Å². The van der Waals surface area contributed by atoms with Gasteiger partial charge in [0.1, 0.15) is 5.82 Å². The van der Waals surface area contributed by atoms with Crippen molar-refractivity contribution in [1.29, 1.82) is 0 Å². The van der Waals surface area contributed by atoms with Crippen molar-refractivity contribution in [3.8, 4) is 0 Å². The summed E-state index contributed by atoms with van der Waals surface area (Å²) in [5, 5.41) is 3.27. The maximum absolute atomic E-state index is 12.9. The Morgan fingerprint density at radius 1 is 1.28 bits per heavy atom. The van der Waals surface area contributed by atoms with E-state index < -0.39 is 0 Å². The Morgan fingerprint density at radius 2 is 1.89 bits per heavy atom. The number of nitrogens with one attached hydrogen (secondary N) is 1. The van der Waals surface area contributed by atoms with Crippen LogP contribution in [0.4, 0.5) is 10.1 Å². The summed E-state index contributed by atoms with van der Waals surface area (Å²) in [4.78, 5) is 2.20. The van der Waals surface area contributed by atoms with E-state index in [1.165, 1.54) is 25.0 Å². The zero-order valence-electron chi connectivity index (χ0n) is 12.0. The number of nitrogens with zero attached hydrogens (tertiary/aromatic N) is 1. The van der Waals surface area contributed by atoms with E-state index in [4.69, 9.17) is 0 Å². The van der Waals surface area contributed by atoms with E-state index in [2.05, 4.69) is 31.1 Å². The molecule has 1 aromatic carbocycles. The molecule has 3 heteroatoms. The molecule has 1 aromatic rings. The normalized spacial score (nSPS) is 14.3. The molecular formula is C15H25FN2. The first-order chi connectivity index (χ1) is 8.50. The molecule has 0 heterocycles. The lowest BCUT2D eigenvalue weighted by Crippen LogP contribution is -2.40. The second kappa shape index (κ2) is 6.74. The Bertz CT molecular complexity index is 342. The Labute approximate surface area is 110 Å². The number of halogens is 1. The van der Waals surface area contributed by atoms with Gasteiger partial charge in [-0.05, 0) is 43.1 Å². The number of hydrogen-bond donors (Lipinski definition) is 1. The first-order valence-electron chi connectivity index (χ1n) is 6.62. The van der Waals surface area contributed by atoms with Crippen LogP contribution in [0.2, 0.25) is 0 Å². The summed E-state index contributed by atoms with van der Waals surface area (Å²) in [5.41, 5.74) is 1.31. The topological polar surface area (TPSA) is 15.3 Å². The molecule has 0 aromatic heterocycles. The molecule has 0 saturated carbocycles. The summed E-state index contributed by atoms with van der Waals surface area (Å²) < 4.78 is 12.9. The van der Waals surface area contributed by atoms with Crippen LogP contribution in [0, 0.1) is 11.2 Å². The summed E-state index contributed by atoms with van der Waals surface area (Å²) in [6.45, 7) is 6.47. The van der Waals surface area contributed by atoms with Crippen LogP contribution in [0.1, 0.15) is 26.7 Å². The van der Waals surface area contributed by atoms with E-state index >= 15 is 0 Å². The van der Waals surface area contributed by atoms with Crippen LogP contribution in [-0.2, 0) is 0 Å². The molecule has 0 radical (unpaired) electrons. The highest BCUT2D eigenvalue weighted by atomic mass is 19.1. The largest absolute Gasteiger partial charge is 0.374 e. The minimum Gasteiger partial charge on any atom is -0.374 e. The molecule has 0 fully saturated rings. The van der Waals surface area contributed by atoms with Crippen molar-refractivity contribution in [2.24, 2.45) is 5.41 Å². The molecule has 1 atom stereocenters. The molecule has 1 unspecified atom stereocenters. The Kier molecular flexibility index (Phi) is 5.60. The van der Waals surface area contributed by atoms with Gasteiger partial charge < -0.3 is 10.2 Å². The highest BCUT2D eigenvalue weighted by Crippen LogP contribution is 2.26. The third-order valence-electron chi connectivity index (χ3n) is 3.34. The SMILES string of the molecule is CCCC(C)(CNC)CN(C)c1ccc(F)cc1. The van der Waals surface area contributed by atoms with Crippen LogP contribution >= 0.6 is 0 Å². The van der Waals surface area contributed by atoms with Gasteiger partial charge in [0.25, 0.3) is 0 Å². The van der Waals surface area contributed by atoms with Crippen LogP contribution < -0.4 is 10.2 Å². The van der Waals surface area contributed by atoms with Crippen LogP contribution in [0.15, 0.2) is 24.3 Å². The maximum atomic E-state index is 12.9. The lowest BCUT2D eigenvalue weighted by Gasteiger charge is -2.34. The van der Waals surface area contributed by atoms with Gasteiger partial charge >= 0.3 is 0 Å². The molecule has 0 aliphatic rings. The van der Waals surface area contributed by atoms with E-state index in [1.807, 2.05) is 19.2 Å². The fourth-order valence-corrected chi connectivity index (χ4v) is 2.61. The Morgan fingerprint density at radius 3 is 2.39 bits per heavy atom. The van der Waals surface area contributed by atoms with Crippen molar-refractivity contribution in [2.45, 2.75) is 26.7 Å². The van der Waals surface area contributed by atoms with Gasteiger partial charge in [-0.1, -0.05) is 20.3 Å². The monoisotopic (exact) mass is 252 g/mol. The predicted molar refractivity (Wildman–Crippen MR) is 76.6 cm³/mol.